The Morgan fingerprint density at radius 1 is 0.780 bits per heavy atom. The highest BCUT2D eigenvalue weighted by molar-refractivity contribution is 5.94. The van der Waals surface area contributed by atoms with Gasteiger partial charge in [0.2, 0.25) is 24.6 Å². The average Bonchev–Trinajstić information content (AvgIpc) is 3.63. The molecule has 50 heavy (non-hydrogen) atoms. The summed E-state index contributed by atoms with van der Waals surface area (Å²) >= 11 is 0. The molecule has 2 aliphatic heterocycles. The summed E-state index contributed by atoms with van der Waals surface area (Å²) in [5, 5.41) is 20.4. The molecule has 2 aliphatic rings. The highest BCUT2D eigenvalue weighted by Gasteiger charge is 2.22. The Balaban J connectivity index is 0.981. The maximum absolute atomic E-state index is 12.1. The van der Waals surface area contributed by atoms with Crippen molar-refractivity contribution in [3.63, 3.8) is 0 Å². The van der Waals surface area contributed by atoms with E-state index >= 15 is 0 Å². The number of nitrogens with zero attached hydrogens (tertiary/aromatic N) is 6. The third-order valence-electron chi connectivity index (χ3n) is 7.97. The Morgan fingerprint density at radius 3 is 2.20 bits per heavy atom. The van der Waals surface area contributed by atoms with Crippen molar-refractivity contribution in [3.8, 4) is 11.5 Å². The van der Waals surface area contributed by atoms with E-state index in [9.17, 15) is 14.9 Å². The van der Waals surface area contributed by atoms with Gasteiger partial charge in [0.15, 0.2) is 11.5 Å². The molecule has 3 aromatic carbocycles. The van der Waals surface area contributed by atoms with Gasteiger partial charge in [0.25, 0.3) is 11.6 Å². The maximum Gasteiger partial charge on any atom is 0.269 e. The molecule has 0 radical (unpaired) electrons. The van der Waals surface area contributed by atoms with Crippen molar-refractivity contribution in [3.05, 3.63) is 94.0 Å². The Hall–Kier alpha value is -5.74. The number of aromatic nitrogens is 3. The van der Waals surface area contributed by atoms with Crippen molar-refractivity contribution < 1.29 is 28.7 Å². The van der Waals surface area contributed by atoms with E-state index in [2.05, 4.69) is 30.7 Å². The molecule has 0 atom stereocenters. The number of nitro benzene ring substituents is 1. The average molecular weight is 686 g/mol. The first-order chi connectivity index (χ1) is 24.5. The third-order valence-corrected chi connectivity index (χ3v) is 7.97. The molecule has 0 unspecified atom stereocenters. The molecule has 1 saturated heterocycles. The number of carbonyl (C=O) groups excluding carboxylic acids is 1. The van der Waals surface area contributed by atoms with Crippen molar-refractivity contribution in [2.75, 3.05) is 92.9 Å². The van der Waals surface area contributed by atoms with Crippen LogP contribution in [0.4, 0.5) is 29.2 Å². The molecule has 1 aromatic heterocycles. The van der Waals surface area contributed by atoms with Gasteiger partial charge in [0, 0.05) is 69.2 Å². The van der Waals surface area contributed by atoms with E-state index in [0.29, 0.717) is 101 Å². The number of nitrogens with one attached hydrogen (secondary N) is 3. The molecule has 1 amide bonds. The quantitative estimate of drug-likeness (QED) is 0.0837. The number of ether oxygens (including phenoxy) is 4. The van der Waals surface area contributed by atoms with Crippen LogP contribution in [0.25, 0.3) is 0 Å². The topological polar surface area (TPSA) is 178 Å². The molecule has 3 N–H and O–H groups in total. The lowest BCUT2D eigenvalue weighted by atomic mass is 10.2. The molecule has 0 bridgehead atoms. The van der Waals surface area contributed by atoms with Crippen LogP contribution in [-0.2, 0) is 16.0 Å². The summed E-state index contributed by atoms with van der Waals surface area (Å²) in [6, 6.07) is 21.4. The first-order valence-electron chi connectivity index (χ1n) is 16.4. The molecular weight excluding hydrogens is 646 g/mol. The number of anilines is 4. The summed E-state index contributed by atoms with van der Waals surface area (Å²) in [4.78, 5) is 41.0. The number of rotatable bonds is 17. The lowest BCUT2D eigenvalue weighted by Gasteiger charge is -2.36. The van der Waals surface area contributed by atoms with Crippen molar-refractivity contribution in [2.45, 2.75) is 6.54 Å². The second-order valence-corrected chi connectivity index (χ2v) is 11.3. The summed E-state index contributed by atoms with van der Waals surface area (Å²) in [5.41, 5.74) is 2.60. The third kappa shape index (κ3) is 9.45. The molecule has 16 heteroatoms. The second-order valence-electron chi connectivity index (χ2n) is 11.3. The number of non-ortho nitro benzene ring substituents is 1. The van der Waals surface area contributed by atoms with Gasteiger partial charge >= 0.3 is 0 Å². The van der Waals surface area contributed by atoms with Crippen molar-refractivity contribution >= 4 is 35.1 Å². The summed E-state index contributed by atoms with van der Waals surface area (Å²) in [6.07, 6.45) is 0. The maximum atomic E-state index is 12.1. The number of fused-ring (bicyclic) bond motifs is 1. The zero-order valence-corrected chi connectivity index (χ0v) is 27.5. The van der Waals surface area contributed by atoms with Crippen LogP contribution in [-0.4, -0.2) is 98.3 Å². The molecule has 3 heterocycles. The van der Waals surface area contributed by atoms with Crippen molar-refractivity contribution in [1.82, 2.24) is 20.3 Å². The molecule has 0 aliphatic carbocycles. The lowest BCUT2D eigenvalue weighted by molar-refractivity contribution is -0.384. The molecular formula is C34H39N9O7. The van der Waals surface area contributed by atoms with Gasteiger partial charge in [-0.25, -0.2) is 0 Å². The SMILES string of the molecule is O=C(NCCOCCOCCNc1nc(NCc2ccc3c(c2)OCO3)nc(N2CCN(c3ccc([N+](=O)[O-])cc3)CC2)n1)c1ccccc1. The molecule has 262 valence electrons. The van der Waals surface area contributed by atoms with Gasteiger partial charge in [-0.3, -0.25) is 14.9 Å². The van der Waals surface area contributed by atoms with E-state index in [0.717, 1.165) is 17.0 Å². The largest absolute Gasteiger partial charge is 0.454 e. The van der Waals surface area contributed by atoms with Gasteiger partial charge in [0.1, 0.15) is 0 Å². The Morgan fingerprint density at radius 2 is 1.46 bits per heavy atom. The van der Waals surface area contributed by atoms with E-state index in [4.69, 9.17) is 28.9 Å². The summed E-state index contributed by atoms with van der Waals surface area (Å²) in [5.74, 6) is 2.66. The van der Waals surface area contributed by atoms with Gasteiger partial charge in [-0.2, -0.15) is 15.0 Å². The standard InChI is InChI=1S/C34H39N9O7/c44-31(26-4-2-1-3-5-26)35-12-18-47-20-21-48-19-13-36-32-38-33(37-23-25-6-11-29-30(22-25)50-24-49-29)40-34(39-32)42-16-14-41(15-17-42)27-7-9-28(10-8-27)43(45)46/h1-11,22H,12-21,23-24H2,(H,35,44)(H2,36,37,38,39,40). The van der Waals surface area contributed by atoms with Crippen LogP contribution in [0.3, 0.4) is 0 Å². The zero-order valence-electron chi connectivity index (χ0n) is 27.5. The minimum Gasteiger partial charge on any atom is -0.454 e. The summed E-state index contributed by atoms with van der Waals surface area (Å²) < 4.78 is 22.2. The van der Waals surface area contributed by atoms with Crippen molar-refractivity contribution in [1.29, 1.82) is 0 Å². The molecule has 6 rings (SSSR count). The monoisotopic (exact) mass is 685 g/mol. The number of hydrogen-bond donors (Lipinski definition) is 3. The minimum atomic E-state index is -0.397. The van der Waals surface area contributed by atoms with E-state index < -0.39 is 4.92 Å². The van der Waals surface area contributed by atoms with Crippen LogP contribution < -0.4 is 35.2 Å². The van der Waals surface area contributed by atoms with Crippen LogP contribution in [0, 0.1) is 10.1 Å². The normalized spacial score (nSPS) is 13.6. The van der Waals surface area contributed by atoms with Gasteiger partial charge in [-0.05, 0) is 42.0 Å². The fourth-order valence-corrected chi connectivity index (χ4v) is 5.33. The summed E-state index contributed by atoms with van der Waals surface area (Å²) in [6.45, 7) is 5.84. The number of nitro groups is 1. The zero-order chi connectivity index (χ0) is 34.5. The van der Waals surface area contributed by atoms with Crippen LogP contribution >= 0.6 is 0 Å². The van der Waals surface area contributed by atoms with Gasteiger partial charge in [-0.1, -0.05) is 24.3 Å². The van der Waals surface area contributed by atoms with E-state index in [-0.39, 0.29) is 18.4 Å². The number of carbonyl (C=O) groups is 1. The number of piperazine rings is 1. The number of benzene rings is 3. The van der Waals surface area contributed by atoms with Crippen LogP contribution in [0.2, 0.25) is 0 Å². The summed E-state index contributed by atoms with van der Waals surface area (Å²) in [7, 11) is 0. The van der Waals surface area contributed by atoms with Crippen LogP contribution in [0.5, 0.6) is 11.5 Å². The lowest BCUT2D eigenvalue weighted by Crippen LogP contribution is -2.47. The Bertz CT molecular complexity index is 1720. The van der Waals surface area contributed by atoms with Crippen LogP contribution in [0.15, 0.2) is 72.8 Å². The Labute approximate surface area is 288 Å². The van der Waals surface area contributed by atoms with Gasteiger partial charge < -0.3 is 44.7 Å². The predicted molar refractivity (Wildman–Crippen MR) is 186 cm³/mol. The predicted octanol–water partition coefficient (Wildman–Crippen LogP) is 3.32. The smallest absolute Gasteiger partial charge is 0.269 e. The van der Waals surface area contributed by atoms with Crippen molar-refractivity contribution in [2.24, 2.45) is 0 Å². The minimum absolute atomic E-state index is 0.0681. The first-order valence-corrected chi connectivity index (χ1v) is 16.4. The second kappa shape index (κ2) is 17.1. The fraction of sp³-hybridized carbons (Fsp3) is 0.353. The Kier molecular flexibility index (Phi) is 11.7. The first kappa shape index (κ1) is 34.1. The molecule has 16 nitrogen and oxygen atoms in total. The van der Waals surface area contributed by atoms with Gasteiger partial charge in [-0.15, -0.1) is 0 Å². The molecule has 4 aromatic rings. The van der Waals surface area contributed by atoms with Gasteiger partial charge in [0.05, 0.1) is 31.4 Å². The molecule has 0 spiro atoms. The van der Waals surface area contributed by atoms with E-state index in [1.807, 2.05) is 36.4 Å². The van der Waals surface area contributed by atoms with E-state index in [1.165, 1.54) is 12.1 Å². The number of hydrogen-bond acceptors (Lipinski definition) is 14. The number of amides is 1. The highest BCUT2D eigenvalue weighted by atomic mass is 16.7. The molecule has 1 fully saturated rings. The van der Waals surface area contributed by atoms with Crippen LogP contribution in [0.1, 0.15) is 15.9 Å². The van der Waals surface area contributed by atoms with E-state index in [1.54, 1.807) is 24.3 Å². The highest BCUT2D eigenvalue weighted by Crippen LogP contribution is 2.32. The fourth-order valence-electron chi connectivity index (χ4n) is 5.33. The molecule has 0 saturated carbocycles.